The van der Waals surface area contributed by atoms with E-state index >= 15 is 0 Å². The molecule has 3 N–H and O–H groups in total. The van der Waals surface area contributed by atoms with E-state index in [-0.39, 0.29) is 40.0 Å². The lowest BCUT2D eigenvalue weighted by molar-refractivity contribution is -0.138. The number of carboxylic acid groups (broad SMARTS) is 1. The van der Waals surface area contributed by atoms with Gasteiger partial charge < -0.3 is 15.3 Å². The Morgan fingerprint density at radius 2 is 1.48 bits per heavy atom. The van der Waals surface area contributed by atoms with Crippen LogP contribution in [0.5, 0.6) is 11.5 Å². The number of phenolic OH excluding ortho intramolecular Hbond substituents is 2. The van der Waals surface area contributed by atoms with Gasteiger partial charge in [0.05, 0.1) is 17.0 Å². The summed E-state index contributed by atoms with van der Waals surface area (Å²) in [5.74, 6) is -4.41. The number of fused-ring (bicyclic) bond motifs is 2. The summed E-state index contributed by atoms with van der Waals surface area (Å²) in [5.41, 5.74) is 0.364. The molecule has 1 aliphatic rings. The van der Waals surface area contributed by atoms with Gasteiger partial charge in [-0.15, -0.1) is 0 Å². The van der Waals surface area contributed by atoms with Gasteiger partial charge in [-0.1, -0.05) is 48.5 Å². The summed E-state index contributed by atoms with van der Waals surface area (Å²) in [4.78, 5) is 37.7. The predicted octanol–water partition coefficient (Wildman–Crippen LogP) is 3.28. The largest absolute Gasteiger partial charge is 0.507 e. The average molecular weight is 388 g/mol. The SMILES string of the molecule is O=C1c2cccc(O)c2C(=O)c2c1ccc(C(Cc1ccccc1)C(=O)O)c2O. The van der Waals surface area contributed by atoms with Crippen LogP contribution in [0.4, 0.5) is 0 Å². The molecule has 1 atom stereocenters. The van der Waals surface area contributed by atoms with Gasteiger partial charge >= 0.3 is 5.97 Å². The molecule has 29 heavy (non-hydrogen) atoms. The zero-order valence-electron chi connectivity index (χ0n) is 15.1. The quantitative estimate of drug-likeness (QED) is 0.495. The summed E-state index contributed by atoms with van der Waals surface area (Å²) in [7, 11) is 0. The van der Waals surface area contributed by atoms with Crippen molar-refractivity contribution in [2.45, 2.75) is 12.3 Å². The molecule has 0 aliphatic heterocycles. The molecule has 4 rings (SSSR count). The molecule has 3 aromatic rings. The van der Waals surface area contributed by atoms with Crippen molar-refractivity contribution >= 4 is 17.5 Å². The number of benzene rings is 3. The molecule has 6 heteroatoms. The van der Waals surface area contributed by atoms with Gasteiger partial charge in [-0.05, 0) is 24.1 Å². The summed E-state index contributed by atoms with van der Waals surface area (Å²) in [6, 6.07) is 15.8. The van der Waals surface area contributed by atoms with Gasteiger partial charge in [-0.2, -0.15) is 0 Å². The van der Waals surface area contributed by atoms with Crippen LogP contribution in [-0.4, -0.2) is 32.9 Å². The van der Waals surface area contributed by atoms with E-state index < -0.39 is 29.2 Å². The fourth-order valence-corrected chi connectivity index (χ4v) is 3.73. The number of carboxylic acids is 1. The first-order valence-corrected chi connectivity index (χ1v) is 8.94. The van der Waals surface area contributed by atoms with Crippen LogP contribution in [-0.2, 0) is 11.2 Å². The van der Waals surface area contributed by atoms with Crippen LogP contribution in [0, 0.1) is 0 Å². The minimum Gasteiger partial charge on any atom is -0.507 e. The third kappa shape index (κ3) is 2.95. The van der Waals surface area contributed by atoms with Gasteiger partial charge in [0.1, 0.15) is 11.5 Å². The zero-order valence-corrected chi connectivity index (χ0v) is 15.1. The second-order valence-electron chi connectivity index (χ2n) is 6.86. The first kappa shape index (κ1) is 18.4. The maximum Gasteiger partial charge on any atom is 0.311 e. The Balaban J connectivity index is 1.85. The third-order valence-electron chi connectivity index (χ3n) is 5.15. The van der Waals surface area contributed by atoms with Crippen molar-refractivity contribution in [1.29, 1.82) is 0 Å². The molecule has 6 nitrogen and oxygen atoms in total. The normalized spacial score (nSPS) is 13.5. The van der Waals surface area contributed by atoms with Crippen LogP contribution in [0.25, 0.3) is 0 Å². The number of aliphatic carboxylic acids is 1. The lowest BCUT2D eigenvalue weighted by Gasteiger charge is -2.22. The number of aromatic hydroxyl groups is 2. The topological polar surface area (TPSA) is 112 Å². The lowest BCUT2D eigenvalue weighted by atomic mass is 9.80. The Labute approximate surface area is 165 Å². The molecule has 0 heterocycles. The summed E-state index contributed by atoms with van der Waals surface area (Å²) in [6.45, 7) is 0. The van der Waals surface area contributed by atoms with Gasteiger partial charge in [0.15, 0.2) is 5.78 Å². The fourth-order valence-electron chi connectivity index (χ4n) is 3.73. The van der Waals surface area contributed by atoms with E-state index in [2.05, 4.69) is 0 Å². The summed E-state index contributed by atoms with van der Waals surface area (Å²) < 4.78 is 0. The van der Waals surface area contributed by atoms with E-state index in [0.29, 0.717) is 0 Å². The molecule has 0 saturated heterocycles. The molecule has 0 bridgehead atoms. The Bertz CT molecular complexity index is 1160. The van der Waals surface area contributed by atoms with Crippen molar-refractivity contribution in [3.63, 3.8) is 0 Å². The summed E-state index contributed by atoms with van der Waals surface area (Å²) in [5, 5.41) is 30.6. The highest BCUT2D eigenvalue weighted by Gasteiger charge is 2.36. The molecule has 0 fully saturated rings. The third-order valence-corrected chi connectivity index (χ3v) is 5.15. The molecule has 0 aromatic heterocycles. The van der Waals surface area contributed by atoms with Crippen molar-refractivity contribution in [1.82, 2.24) is 0 Å². The minimum atomic E-state index is -1.16. The number of carbonyl (C=O) groups excluding carboxylic acids is 2. The van der Waals surface area contributed by atoms with E-state index in [1.807, 2.05) is 6.07 Å². The van der Waals surface area contributed by atoms with Crippen LogP contribution < -0.4 is 0 Å². The van der Waals surface area contributed by atoms with Gasteiger partial charge in [-0.3, -0.25) is 14.4 Å². The van der Waals surface area contributed by atoms with E-state index in [0.717, 1.165) is 5.56 Å². The van der Waals surface area contributed by atoms with Crippen molar-refractivity contribution in [2.24, 2.45) is 0 Å². The van der Waals surface area contributed by atoms with Crippen molar-refractivity contribution in [3.8, 4) is 11.5 Å². The highest BCUT2D eigenvalue weighted by molar-refractivity contribution is 6.30. The highest BCUT2D eigenvalue weighted by Crippen LogP contribution is 2.40. The molecular formula is C23H16O6. The number of hydrogen-bond donors (Lipinski definition) is 3. The molecule has 1 unspecified atom stereocenters. The lowest BCUT2D eigenvalue weighted by Crippen LogP contribution is -2.23. The number of carbonyl (C=O) groups is 3. The monoisotopic (exact) mass is 388 g/mol. The molecule has 144 valence electrons. The summed E-state index contributed by atoms with van der Waals surface area (Å²) >= 11 is 0. The maximum atomic E-state index is 13.0. The van der Waals surface area contributed by atoms with Gasteiger partial charge in [0, 0.05) is 16.7 Å². The Morgan fingerprint density at radius 3 is 2.17 bits per heavy atom. The molecule has 1 aliphatic carbocycles. The molecular weight excluding hydrogens is 372 g/mol. The number of hydrogen-bond acceptors (Lipinski definition) is 5. The van der Waals surface area contributed by atoms with Gasteiger partial charge in [0.2, 0.25) is 5.78 Å². The zero-order chi connectivity index (χ0) is 20.7. The molecule has 3 aromatic carbocycles. The second kappa shape index (κ2) is 6.91. The van der Waals surface area contributed by atoms with E-state index in [4.69, 9.17) is 0 Å². The number of ketones is 2. The number of phenols is 2. The first-order chi connectivity index (χ1) is 13.9. The standard InChI is InChI=1S/C23H16O6/c24-17-8-4-7-14-18(17)22(27)19-15(20(14)25)10-9-13(21(19)26)16(23(28)29)11-12-5-2-1-3-6-12/h1-10,16,24,26H,11H2,(H,28,29). The van der Waals surface area contributed by atoms with Crippen LogP contribution in [0.2, 0.25) is 0 Å². The van der Waals surface area contributed by atoms with E-state index in [9.17, 15) is 29.7 Å². The maximum absolute atomic E-state index is 13.0. The molecule has 0 radical (unpaired) electrons. The van der Waals surface area contributed by atoms with E-state index in [1.165, 1.54) is 30.3 Å². The van der Waals surface area contributed by atoms with Crippen molar-refractivity contribution in [3.05, 3.63) is 94.0 Å². The van der Waals surface area contributed by atoms with Crippen LogP contribution >= 0.6 is 0 Å². The molecule has 0 spiro atoms. The first-order valence-electron chi connectivity index (χ1n) is 8.94. The van der Waals surface area contributed by atoms with Crippen molar-refractivity contribution in [2.75, 3.05) is 0 Å². The minimum absolute atomic E-state index is 0.0156. The van der Waals surface area contributed by atoms with Crippen LogP contribution in [0.3, 0.4) is 0 Å². The Morgan fingerprint density at radius 1 is 0.793 bits per heavy atom. The van der Waals surface area contributed by atoms with Gasteiger partial charge in [-0.25, -0.2) is 0 Å². The van der Waals surface area contributed by atoms with Crippen LogP contribution in [0.15, 0.2) is 60.7 Å². The Hall–Kier alpha value is -3.93. The fraction of sp³-hybridized carbons (Fsp3) is 0.0870. The summed E-state index contributed by atoms with van der Waals surface area (Å²) in [6.07, 6.45) is 0.104. The highest BCUT2D eigenvalue weighted by atomic mass is 16.4. The van der Waals surface area contributed by atoms with Crippen LogP contribution in [0.1, 0.15) is 48.9 Å². The predicted molar refractivity (Wildman–Crippen MR) is 104 cm³/mol. The smallest absolute Gasteiger partial charge is 0.311 e. The number of rotatable bonds is 4. The second-order valence-corrected chi connectivity index (χ2v) is 6.86. The molecule has 0 amide bonds. The molecule has 0 saturated carbocycles. The Kier molecular flexibility index (Phi) is 4.39. The van der Waals surface area contributed by atoms with E-state index in [1.54, 1.807) is 24.3 Å². The average Bonchev–Trinajstić information content (AvgIpc) is 2.71. The van der Waals surface area contributed by atoms with Crippen molar-refractivity contribution < 1.29 is 29.7 Å². The van der Waals surface area contributed by atoms with Gasteiger partial charge in [0.25, 0.3) is 0 Å².